The molecule has 0 bridgehead atoms. The first-order valence-electron chi connectivity index (χ1n) is 6.13. The first kappa shape index (κ1) is 157. The Labute approximate surface area is 337 Å². The third-order valence-corrected chi connectivity index (χ3v) is 0. The van der Waals surface area contributed by atoms with Crippen molar-refractivity contribution in [1.29, 1.82) is 0 Å². The topological polar surface area (TPSA) is 872 Å². The van der Waals surface area contributed by atoms with E-state index in [0.29, 0.717) is 0 Å². The Morgan fingerprint density at radius 3 is 0.217 bits per heavy atom. The maximum atomic E-state index is 8.42. The number of hydrogen-bond donors (Lipinski definition) is 21. The Balaban J connectivity index is -0.00000000686. The fraction of sp³-hybridized carbons (Fsp3) is 0. The Hall–Kier alpha value is 2.14. The van der Waals surface area contributed by atoms with Crippen LogP contribution in [0.25, 0.3) is 0 Å². The van der Waals surface area contributed by atoms with Crippen LogP contribution in [0.1, 0.15) is 0 Å². The van der Waals surface area contributed by atoms with Crippen LogP contribution in [0, 0.1) is 0 Å². The van der Waals surface area contributed by atoms with Gasteiger partial charge in [-0.25, -0.2) is 0 Å². The van der Waals surface area contributed by atoms with E-state index in [1.807, 2.05) is 0 Å². The summed E-state index contributed by atoms with van der Waals surface area (Å²) < 4.78 is 0. The van der Waals surface area contributed by atoms with Gasteiger partial charge in [0.2, 0.25) is 0 Å². The standard InChI is InChI=1S/7BH3O3.BO3.Ca.12H2O.Rb/c8*2-1(3)4;;;;;;;;;;;;;;/h7*2-4H;;;12*1H2;/q;;;;;;;-3;+2;;;;;;;;;;;;;+1. The van der Waals surface area contributed by atoms with Gasteiger partial charge in [-0.15, -0.1) is 0 Å². The molecule has 46 heteroatoms. The van der Waals surface area contributed by atoms with Crippen LogP contribution in [0.4, 0.5) is 0 Å². The normalized spacial score (nSPS) is 4.70. The van der Waals surface area contributed by atoms with Gasteiger partial charge in [0.25, 0.3) is 0 Å². The number of rotatable bonds is 0. The van der Waals surface area contributed by atoms with E-state index in [1.54, 1.807) is 0 Å². The van der Waals surface area contributed by atoms with E-state index in [1.165, 1.54) is 0 Å². The summed E-state index contributed by atoms with van der Waals surface area (Å²) in [6.07, 6.45) is 0. The summed E-state index contributed by atoms with van der Waals surface area (Å²) in [5, 5.41) is 176. The number of hydrogen-bond acceptors (Lipinski definition) is 24. The molecule has 0 saturated heterocycles. The van der Waals surface area contributed by atoms with Gasteiger partial charge in [0.1, 0.15) is 0 Å². The van der Waals surface area contributed by atoms with Crippen LogP contribution in [-0.2, 0) is 0 Å². The van der Waals surface area contributed by atoms with E-state index in [2.05, 4.69) is 0 Å². The minimum atomic E-state index is -2.92. The van der Waals surface area contributed by atoms with Crippen molar-refractivity contribution in [2.24, 2.45) is 0 Å². The van der Waals surface area contributed by atoms with Crippen molar-refractivity contribution < 1.29 is 244 Å². The molecule has 0 unspecified atom stereocenters. The zero-order valence-electron chi connectivity index (χ0n) is 22.9. The second kappa shape index (κ2) is 147. The monoisotopic (exact) mass is 834 g/mol. The SMILES string of the molecule is O.O.O.O.O.O.O.O.O.O.O.O.OB(O)O.OB(O)O.OB(O)O.OB(O)O.OB(O)O.OB(O)O.OB(O)O.[Ca+2].[O-]B([O-])[O-].[Rb+]. The summed E-state index contributed by atoms with van der Waals surface area (Å²) in [4.78, 5) is 0. The van der Waals surface area contributed by atoms with Crippen molar-refractivity contribution in [1.82, 2.24) is 0 Å². The largest absolute Gasteiger partial charge is 2.00 e. The summed E-state index contributed by atoms with van der Waals surface area (Å²) in [5.74, 6) is 0. The average molecular weight is 833 g/mol. The smallest absolute Gasteiger partial charge is 0.907 e. The molecule has 46 heavy (non-hydrogen) atoms. The molecule has 0 aliphatic heterocycles. The minimum absolute atomic E-state index is 0. The van der Waals surface area contributed by atoms with Crippen molar-refractivity contribution in [2.75, 3.05) is 0 Å². The predicted molar refractivity (Wildman–Crippen MR) is 142 cm³/mol. The maximum Gasteiger partial charge on any atom is 2.00 e. The summed E-state index contributed by atoms with van der Waals surface area (Å²) in [6, 6.07) is 0. The van der Waals surface area contributed by atoms with Crippen LogP contribution >= 0.6 is 0 Å². The van der Waals surface area contributed by atoms with Gasteiger partial charge in [-0.05, 0) is 0 Å². The summed E-state index contributed by atoms with van der Waals surface area (Å²) in [7, 11) is -18.1. The van der Waals surface area contributed by atoms with Gasteiger partial charge in [-0.1, -0.05) is 0 Å². The Kier molecular flexibility index (Phi) is 500. The molecule has 36 nitrogen and oxygen atoms in total. The van der Waals surface area contributed by atoms with E-state index in [-0.39, 0.29) is 162 Å². The zero-order chi connectivity index (χ0) is 28.6. The summed E-state index contributed by atoms with van der Waals surface area (Å²) in [5.41, 5.74) is 0. The van der Waals surface area contributed by atoms with Crippen LogP contribution in [0.2, 0.25) is 0 Å². The molecule has 288 valence electrons. The van der Waals surface area contributed by atoms with Gasteiger partial charge < -0.3 is 186 Å². The first-order valence-corrected chi connectivity index (χ1v) is 6.13. The van der Waals surface area contributed by atoms with Gasteiger partial charge in [-0.3, -0.25) is 7.32 Å². The molecule has 0 spiro atoms. The first-order chi connectivity index (χ1) is 13.9. The molecular formula is H45B8CaO36Rb. The molecule has 0 atom stereocenters. The zero-order valence-corrected chi connectivity index (χ0v) is 30.1. The van der Waals surface area contributed by atoms with Crippen LogP contribution in [0.3, 0.4) is 0 Å². The third-order valence-electron chi connectivity index (χ3n) is 0. The molecule has 0 radical (unpaired) electrons. The molecule has 0 amide bonds. The van der Waals surface area contributed by atoms with Crippen LogP contribution < -0.4 is 73.3 Å². The Bertz CT molecular complexity index is 154. The molecule has 0 aliphatic carbocycles. The van der Waals surface area contributed by atoms with Crippen molar-refractivity contribution >= 4 is 96.3 Å². The average Bonchev–Trinajstić information content (AvgIpc) is 2.30. The van der Waals surface area contributed by atoms with Gasteiger partial charge in [0.15, 0.2) is 0 Å². The van der Waals surface area contributed by atoms with Crippen molar-refractivity contribution in [2.45, 2.75) is 0 Å². The third kappa shape index (κ3) is 20500. The quantitative estimate of drug-likeness (QED) is 0.101. The molecule has 0 aromatic carbocycles. The molecular weight excluding hydrogens is 788 g/mol. The van der Waals surface area contributed by atoms with E-state index in [4.69, 9.17) is 121 Å². The van der Waals surface area contributed by atoms with Crippen LogP contribution in [0.15, 0.2) is 0 Å². The van der Waals surface area contributed by atoms with Gasteiger partial charge in [0.05, 0.1) is 0 Å². The van der Waals surface area contributed by atoms with Gasteiger partial charge in [-0.2, -0.15) is 0 Å². The van der Waals surface area contributed by atoms with Crippen molar-refractivity contribution in [3.63, 3.8) is 0 Å². The maximum absolute atomic E-state index is 8.42. The van der Waals surface area contributed by atoms with E-state index < -0.39 is 58.6 Å². The molecule has 0 rings (SSSR count). The predicted octanol–water partition coefficient (Wildman–Crippen LogP) is -31.6. The van der Waals surface area contributed by atoms with Crippen molar-refractivity contribution in [3.8, 4) is 0 Å². The van der Waals surface area contributed by atoms with Crippen molar-refractivity contribution in [3.05, 3.63) is 0 Å². The molecule has 0 saturated carbocycles. The van der Waals surface area contributed by atoms with Crippen LogP contribution in [-0.4, -0.2) is 268 Å². The molecule has 0 aromatic heterocycles. The molecule has 0 aliphatic rings. The van der Waals surface area contributed by atoms with E-state index in [9.17, 15) is 0 Å². The second-order valence-electron chi connectivity index (χ2n) is 2.71. The van der Waals surface area contributed by atoms with E-state index >= 15 is 0 Å². The molecule has 0 heterocycles. The molecule has 0 aromatic rings. The summed E-state index contributed by atoms with van der Waals surface area (Å²) >= 11 is 0. The molecule has 0 fully saturated rings. The van der Waals surface area contributed by atoms with Gasteiger partial charge in [0, 0.05) is 0 Å². The minimum Gasteiger partial charge on any atom is -0.907 e. The second-order valence-corrected chi connectivity index (χ2v) is 2.71. The van der Waals surface area contributed by atoms with E-state index in [0.717, 1.165) is 0 Å². The van der Waals surface area contributed by atoms with Gasteiger partial charge >= 0.3 is 147 Å². The Morgan fingerprint density at radius 1 is 0.217 bits per heavy atom. The fourth-order valence-electron chi connectivity index (χ4n) is 0. The Morgan fingerprint density at radius 2 is 0.217 bits per heavy atom. The van der Waals surface area contributed by atoms with Crippen LogP contribution in [0.5, 0.6) is 0 Å². The summed E-state index contributed by atoms with van der Waals surface area (Å²) in [6.45, 7) is 0. The molecule has 45 N–H and O–H groups in total. The fourth-order valence-corrected chi connectivity index (χ4v) is 0.